The number of rotatable bonds is 1. The van der Waals surface area contributed by atoms with Crippen molar-refractivity contribution >= 4 is 0 Å². The first-order chi connectivity index (χ1) is 6.79. The highest BCUT2D eigenvalue weighted by atomic mass is 16.1. The standard InChI is InChI=1S/C10H9N3O/c1-8-10(14)13(7-6-11-8)9-4-2-3-5-12-9/h2-7H,1H3. The monoisotopic (exact) mass is 187 g/mol. The highest BCUT2D eigenvalue weighted by molar-refractivity contribution is 5.22. The van der Waals surface area contributed by atoms with E-state index in [4.69, 9.17) is 0 Å². The van der Waals surface area contributed by atoms with Gasteiger partial charge in [-0.3, -0.25) is 14.3 Å². The van der Waals surface area contributed by atoms with Crippen LogP contribution in [0, 0.1) is 6.92 Å². The van der Waals surface area contributed by atoms with Crippen LogP contribution in [-0.2, 0) is 0 Å². The second-order valence-electron chi connectivity index (χ2n) is 2.88. The van der Waals surface area contributed by atoms with Crippen LogP contribution in [0.25, 0.3) is 5.82 Å². The minimum Gasteiger partial charge on any atom is -0.267 e. The summed E-state index contributed by atoms with van der Waals surface area (Å²) in [6.45, 7) is 1.68. The molecule has 0 saturated heterocycles. The Morgan fingerprint density at radius 1 is 1.21 bits per heavy atom. The van der Waals surface area contributed by atoms with Crippen molar-refractivity contribution < 1.29 is 0 Å². The molecular formula is C10H9N3O. The van der Waals surface area contributed by atoms with Gasteiger partial charge in [0.25, 0.3) is 5.56 Å². The summed E-state index contributed by atoms with van der Waals surface area (Å²) in [7, 11) is 0. The molecular weight excluding hydrogens is 178 g/mol. The molecule has 0 aliphatic carbocycles. The van der Waals surface area contributed by atoms with Crippen molar-refractivity contribution in [1.82, 2.24) is 14.5 Å². The van der Waals surface area contributed by atoms with Gasteiger partial charge in [0.2, 0.25) is 0 Å². The number of aryl methyl sites for hydroxylation is 1. The van der Waals surface area contributed by atoms with E-state index >= 15 is 0 Å². The van der Waals surface area contributed by atoms with Gasteiger partial charge in [0, 0.05) is 18.6 Å². The number of aromatic nitrogens is 3. The molecule has 2 aromatic heterocycles. The topological polar surface area (TPSA) is 47.8 Å². The Morgan fingerprint density at radius 3 is 2.79 bits per heavy atom. The van der Waals surface area contributed by atoms with E-state index in [2.05, 4.69) is 9.97 Å². The van der Waals surface area contributed by atoms with Gasteiger partial charge in [-0.1, -0.05) is 6.07 Å². The summed E-state index contributed by atoms with van der Waals surface area (Å²) in [6, 6.07) is 5.42. The smallest absolute Gasteiger partial charge is 0.267 e. The van der Waals surface area contributed by atoms with Crippen molar-refractivity contribution in [3.8, 4) is 5.82 Å². The molecule has 0 fully saturated rings. The third-order valence-electron chi connectivity index (χ3n) is 1.91. The van der Waals surface area contributed by atoms with E-state index in [-0.39, 0.29) is 5.56 Å². The number of hydrogen-bond acceptors (Lipinski definition) is 3. The molecule has 0 bridgehead atoms. The zero-order valence-electron chi connectivity index (χ0n) is 7.71. The van der Waals surface area contributed by atoms with Gasteiger partial charge in [-0.2, -0.15) is 0 Å². The zero-order valence-corrected chi connectivity index (χ0v) is 7.71. The Balaban J connectivity index is 2.64. The zero-order chi connectivity index (χ0) is 9.97. The van der Waals surface area contributed by atoms with Gasteiger partial charge in [-0.25, -0.2) is 4.98 Å². The van der Waals surface area contributed by atoms with Gasteiger partial charge in [-0.15, -0.1) is 0 Å². The van der Waals surface area contributed by atoms with E-state index in [1.807, 2.05) is 12.1 Å². The molecule has 0 saturated carbocycles. The minimum absolute atomic E-state index is 0.133. The predicted octanol–water partition coefficient (Wildman–Crippen LogP) is 0.936. The molecule has 14 heavy (non-hydrogen) atoms. The fourth-order valence-electron chi connectivity index (χ4n) is 1.19. The molecule has 2 heterocycles. The maximum Gasteiger partial charge on any atom is 0.277 e. The Kier molecular flexibility index (Phi) is 2.10. The van der Waals surface area contributed by atoms with Crippen LogP contribution in [0.3, 0.4) is 0 Å². The van der Waals surface area contributed by atoms with Crippen LogP contribution in [0.15, 0.2) is 41.6 Å². The van der Waals surface area contributed by atoms with Crippen LogP contribution in [-0.4, -0.2) is 14.5 Å². The van der Waals surface area contributed by atoms with Crippen LogP contribution >= 0.6 is 0 Å². The summed E-state index contributed by atoms with van der Waals surface area (Å²) >= 11 is 0. The van der Waals surface area contributed by atoms with E-state index in [1.54, 1.807) is 31.6 Å². The van der Waals surface area contributed by atoms with Crippen molar-refractivity contribution in [2.75, 3.05) is 0 Å². The molecule has 0 unspecified atom stereocenters. The molecule has 70 valence electrons. The van der Waals surface area contributed by atoms with Gasteiger partial charge in [0.1, 0.15) is 11.5 Å². The Morgan fingerprint density at radius 2 is 2.07 bits per heavy atom. The fraction of sp³-hybridized carbons (Fsp3) is 0.100. The summed E-state index contributed by atoms with van der Waals surface area (Å²) in [5.41, 5.74) is 0.337. The average molecular weight is 187 g/mol. The maximum atomic E-state index is 11.6. The molecule has 0 atom stereocenters. The molecule has 0 amide bonds. The van der Waals surface area contributed by atoms with Crippen molar-refractivity contribution in [2.45, 2.75) is 6.92 Å². The van der Waals surface area contributed by atoms with Gasteiger partial charge < -0.3 is 0 Å². The van der Waals surface area contributed by atoms with E-state index in [9.17, 15) is 4.79 Å². The number of nitrogens with zero attached hydrogens (tertiary/aromatic N) is 3. The fourth-order valence-corrected chi connectivity index (χ4v) is 1.19. The Bertz CT molecular complexity index is 490. The predicted molar refractivity (Wildman–Crippen MR) is 52.4 cm³/mol. The summed E-state index contributed by atoms with van der Waals surface area (Å²) in [4.78, 5) is 19.6. The lowest BCUT2D eigenvalue weighted by atomic mass is 10.4. The SMILES string of the molecule is Cc1nccn(-c2ccccn2)c1=O. The maximum absolute atomic E-state index is 11.6. The minimum atomic E-state index is -0.133. The van der Waals surface area contributed by atoms with E-state index in [0.29, 0.717) is 11.5 Å². The van der Waals surface area contributed by atoms with Gasteiger partial charge in [0.05, 0.1) is 0 Å². The molecule has 0 aliphatic heterocycles. The van der Waals surface area contributed by atoms with Crippen molar-refractivity contribution in [3.63, 3.8) is 0 Å². The highest BCUT2D eigenvalue weighted by Crippen LogP contribution is 1.98. The molecule has 4 nitrogen and oxygen atoms in total. The summed E-state index contributed by atoms with van der Waals surface area (Å²) in [5.74, 6) is 0.614. The number of pyridine rings is 1. The quantitative estimate of drug-likeness (QED) is 0.667. The van der Waals surface area contributed by atoms with Crippen molar-refractivity contribution in [1.29, 1.82) is 0 Å². The lowest BCUT2D eigenvalue weighted by Gasteiger charge is -2.03. The Hall–Kier alpha value is -1.97. The Labute approximate surface area is 80.9 Å². The van der Waals surface area contributed by atoms with Crippen LogP contribution < -0.4 is 5.56 Å². The van der Waals surface area contributed by atoms with Crippen LogP contribution in [0.1, 0.15) is 5.69 Å². The largest absolute Gasteiger partial charge is 0.277 e. The van der Waals surface area contributed by atoms with Gasteiger partial charge in [0.15, 0.2) is 0 Å². The van der Waals surface area contributed by atoms with Crippen LogP contribution in [0.4, 0.5) is 0 Å². The summed E-state index contributed by atoms with van der Waals surface area (Å²) < 4.78 is 1.47. The van der Waals surface area contributed by atoms with Gasteiger partial charge in [-0.05, 0) is 19.1 Å². The number of hydrogen-bond donors (Lipinski definition) is 0. The van der Waals surface area contributed by atoms with Crippen molar-refractivity contribution in [3.05, 3.63) is 52.8 Å². The lowest BCUT2D eigenvalue weighted by Crippen LogP contribution is -2.21. The van der Waals surface area contributed by atoms with Gasteiger partial charge >= 0.3 is 0 Å². The molecule has 4 heteroatoms. The molecule has 0 radical (unpaired) electrons. The first-order valence-corrected chi connectivity index (χ1v) is 4.25. The molecule has 2 aromatic rings. The average Bonchev–Trinajstić information content (AvgIpc) is 2.23. The highest BCUT2D eigenvalue weighted by Gasteiger charge is 2.01. The first kappa shape index (κ1) is 8.62. The van der Waals surface area contributed by atoms with E-state index in [1.165, 1.54) is 4.57 Å². The van der Waals surface area contributed by atoms with Crippen LogP contribution in [0.2, 0.25) is 0 Å². The summed E-state index contributed by atoms with van der Waals surface area (Å²) in [6.07, 6.45) is 4.85. The van der Waals surface area contributed by atoms with E-state index < -0.39 is 0 Å². The molecule has 0 spiro atoms. The molecule has 0 N–H and O–H groups in total. The summed E-state index contributed by atoms with van der Waals surface area (Å²) in [5, 5.41) is 0. The van der Waals surface area contributed by atoms with Crippen LogP contribution in [0.5, 0.6) is 0 Å². The normalized spacial score (nSPS) is 10.1. The van der Waals surface area contributed by atoms with Crippen molar-refractivity contribution in [2.24, 2.45) is 0 Å². The second-order valence-corrected chi connectivity index (χ2v) is 2.88. The first-order valence-electron chi connectivity index (χ1n) is 4.25. The lowest BCUT2D eigenvalue weighted by molar-refractivity contribution is 0.891. The molecule has 2 rings (SSSR count). The van der Waals surface area contributed by atoms with E-state index in [0.717, 1.165) is 0 Å². The molecule has 0 aromatic carbocycles. The second kappa shape index (κ2) is 3.41. The molecule has 0 aliphatic rings. The third kappa shape index (κ3) is 1.42. The third-order valence-corrected chi connectivity index (χ3v) is 1.91.